The monoisotopic (exact) mass is 265 g/mol. The summed E-state index contributed by atoms with van der Waals surface area (Å²) >= 11 is 0. The van der Waals surface area contributed by atoms with Crippen molar-refractivity contribution in [3.8, 4) is 0 Å². The number of benzene rings is 1. The molecule has 0 aliphatic heterocycles. The number of hydrogen-bond acceptors (Lipinski definition) is 2. The minimum absolute atomic E-state index is 0.0586. The highest BCUT2D eigenvalue weighted by Crippen LogP contribution is 2.13. The summed E-state index contributed by atoms with van der Waals surface area (Å²) in [5, 5.41) is 3.24. The highest BCUT2D eigenvalue weighted by molar-refractivity contribution is 5.20. The van der Waals surface area contributed by atoms with E-state index in [1.807, 2.05) is 13.8 Å². The molecule has 0 amide bonds. The Balaban J connectivity index is 2.07. The number of imidazole rings is 1. The van der Waals surface area contributed by atoms with E-state index in [0.717, 1.165) is 5.69 Å². The first-order valence-electron chi connectivity index (χ1n) is 6.23. The van der Waals surface area contributed by atoms with Crippen molar-refractivity contribution in [3.05, 3.63) is 53.6 Å². The molecule has 1 heterocycles. The lowest BCUT2D eigenvalue weighted by Crippen LogP contribution is -2.21. The van der Waals surface area contributed by atoms with Crippen molar-refractivity contribution in [1.29, 1.82) is 0 Å². The van der Waals surface area contributed by atoms with Crippen LogP contribution in [0.5, 0.6) is 0 Å². The van der Waals surface area contributed by atoms with Gasteiger partial charge in [0.2, 0.25) is 0 Å². The van der Waals surface area contributed by atoms with Gasteiger partial charge in [0.25, 0.3) is 0 Å². The number of nitrogens with zero attached hydrogens (tertiary/aromatic N) is 2. The van der Waals surface area contributed by atoms with Crippen LogP contribution in [0.15, 0.2) is 30.7 Å². The van der Waals surface area contributed by atoms with Crippen LogP contribution in [0.25, 0.3) is 0 Å². The topological polar surface area (TPSA) is 29.9 Å². The van der Waals surface area contributed by atoms with Gasteiger partial charge in [-0.25, -0.2) is 13.8 Å². The van der Waals surface area contributed by atoms with Gasteiger partial charge in [-0.05, 0) is 12.1 Å². The molecule has 0 bridgehead atoms. The standard InChI is InChI=1S/C14H17F2N3/c1-10(2)17-6-11-7-19(9-18-11)8-12-13(15)4-3-5-14(12)16/h3-5,7,9-10,17H,6,8H2,1-2H3. The fraction of sp³-hybridized carbons (Fsp3) is 0.357. The van der Waals surface area contributed by atoms with Crippen molar-refractivity contribution < 1.29 is 8.78 Å². The largest absolute Gasteiger partial charge is 0.333 e. The third-order valence-corrected chi connectivity index (χ3v) is 2.78. The Labute approximate surface area is 111 Å². The number of nitrogens with one attached hydrogen (secondary N) is 1. The molecule has 2 rings (SSSR count). The maximum absolute atomic E-state index is 13.5. The van der Waals surface area contributed by atoms with E-state index in [1.165, 1.54) is 18.2 Å². The molecule has 1 aromatic carbocycles. The van der Waals surface area contributed by atoms with Crippen molar-refractivity contribution in [3.63, 3.8) is 0 Å². The average Bonchev–Trinajstić information content (AvgIpc) is 2.79. The van der Waals surface area contributed by atoms with Gasteiger partial charge in [-0.1, -0.05) is 19.9 Å². The van der Waals surface area contributed by atoms with Crippen molar-refractivity contribution >= 4 is 0 Å². The van der Waals surface area contributed by atoms with Crippen molar-refractivity contribution in [2.75, 3.05) is 0 Å². The van der Waals surface area contributed by atoms with Gasteiger partial charge in [0.15, 0.2) is 0 Å². The Bertz CT molecular complexity index is 529. The number of rotatable bonds is 5. The van der Waals surface area contributed by atoms with Gasteiger partial charge in [-0.3, -0.25) is 0 Å². The Morgan fingerprint density at radius 2 is 1.95 bits per heavy atom. The molecular formula is C14H17F2N3. The zero-order valence-corrected chi connectivity index (χ0v) is 11.0. The summed E-state index contributed by atoms with van der Waals surface area (Å²) in [4.78, 5) is 4.20. The summed E-state index contributed by atoms with van der Waals surface area (Å²) in [5.74, 6) is -1.06. The summed E-state index contributed by atoms with van der Waals surface area (Å²) in [6, 6.07) is 4.25. The molecule has 0 fully saturated rings. The quantitative estimate of drug-likeness (QED) is 0.900. The van der Waals surface area contributed by atoms with Gasteiger partial charge in [-0.15, -0.1) is 0 Å². The molecule has 0 spiro atoms. The second-order valence-electron chi connectivity index (χ2n) is 4.77. The normalized spacial score (nSPS) is 11.2. The Kier molecular flexibility index (Phi) is 4.27. The number of halogens is 2. The smallest absolute Gasteiger partial charge is 0.131 e. The van der Waals surface area contributed by atoms with Crippen LogP contribution >= 0.6 is 0 Å². The molecule has 0 saturated carbocycles. The maximum Gasteiger partial charge on any atom is 0.131 e. The number of aromatic nitrogens is 2. The second-order valence-corrected chi connectivity index (χ2v) is 4.77. The minimum atomic E-state index is -0.532. The third-order valence-electron chi connectivity index (χ3n) is 2.78. The summed E-state index contributed by atoms with van der Waals surface area (Å²) in [6.45, 7) is 4.88. The molecule has 0 radical (unpaired) electrons. The lowest BCUT2D eigenvalue weighted by Gasteiger charge is -2.06. The highest BCUT2D eigenvalue weighted by atomic mass is 19.1. The molecular weight excluding hydrogens is 248 g/mol. The Hall–Kier alpha value is -1.75. The van der Waals surface area contributed by atoms with Gasteiger partial charge in [0.05, 0.1) is 18.6 Å². The summed E-state index contributed by atoms with van der Waals surface area (Å²) in [5.41, 5.74) is 0.911. The second kappa shape index (κ2) is 5.93. The van der Waals surface area contributed by atoms with E-state index in [9.17, 15) is 8.78 Å². The lowest BCUT2D eigenvalue weighted by atomic mass is 10.2. The first-order valence-corrected chi connectivity index (χ1v) is 6.23. The van der Waals surface area contributed by atoms with Crippen LogP contribution in [0.2, 0.25) is 0 Å². The Morgan fingerprint density at radius 3 is 2.58 bits per heavy atom. The Morgan fingerprint density at radius 1 is 1.26 bits per heavy atom. The fourth-order valence-electron chi connectivity index (χ4n) is 1.76. The van der Waals surface area contributed by atoms with Crippen LogP contribution in [0, 0.1) is 11.6 Å². The van der Waals surface area contributed by atoms with Gasteiger partial charge in [0, 0.05) is 24.3 Å². The molecule has 0 unspecified atom stereocenters. The maximum atomic E-state index is 13.5. The van der Waals surface area contributed by atoms with E-state index >= 15 is 0 Å². The van der Waals surface area contributed by atoms with E-state index in [1.54, 1.807) is 17.1 Å². The molecule has 19 heavy (non-hydrogen) atoms. The molecule has 0 aliphatic rings. The van der Waals surface area contributed by atoms with Gasteiger partial charge in [-0.2, -0.15) is 0 Å². The summed E-state index contributed by atoms with van der Waals surface area (Å²) < 4.78 is 28.7. The van der Waals surface area contributed by atoms with E-state index in [2.05, 4.69) is 10.3 Å². The van der Waals surface area contributed by atoms with Crippen LogP contribution in [-0.4, -0.2) is 15.6 Å². The molecule has 1 aromatic heterocycles. The molecule has 3 nitrogen and oxygen atoms in total. The molecule has 102 valence electrons. The van der Waals surface area contributed by atoms with Crippen molar-refractivity contribution in [2.45, 2.75) is 33.0 Å². The van der Waals surface area contributed by atoms with Crippen LogP contribution in [0.4, 0.5) is 8.78 Å². The van der Waals surface area contributed by atoms with E-state index < -0.39 is 11.6 Å². The van der Waals surface area contributed by atoms with Crippen LogP contribution in [-0.2, 0) is 13.1 Å². The molecule has 0 aliphatic carbocycles. The zero-order chi connectivity index (χ0) is 13.8. The van der Waals surface area contributed by atoms with Crippen molar-refractivity contribution in [2.24, 2.45) is 0 Å². The SMILES string of the molecule is CC(C)NCc1cn(Cc2c(F)cccc2F)cn1. The van der Waals surface area contributed by atoms with Crippen LogP contribution in [0.1, 0.15) is 25.1 Å². The van der Waals surface area contributed by atoms with E-state index in [0.29, 0.717) is 12.6 Å². The first-order chi connectivity index (χ1) is 9.06. The average molecular weight is 265 g/mol. The predicted molar refractivity (Wildman–Crippen MR) is 69.7 cm³/mol. The molecule has 1 N–H and O–H groups in total. The van der Waals surface area contributed by atoms with Crippen LogP contribution < -0.4 is 5.32 Å². The molecule has 5 heteroatoms. The van der Waals surface area contributed by atoms with E-state index in [4.69, 9.17) is 0 Å². The number of hydrogen-bond donors (Lipinski definition) is 1. The third kappa shape index (κ3) is 3.61. The van der Waals surface area contributed by atoms with Crippen molar-refractivity contribution in [1.82, 2.24) is 14.9 Å². The summed E-state index contributed by atoms with van der Waals surface area (Å²) in [6.07, 6.45) is 3.38. The molecule has 2 aromatic rings. The van der Waals surface area contributed by atoms with Gasteiger partial charge >= 0.3 is 0 Å². The van der Waals surface area contributed by atoms with Gasteiger partial charge in [0.1, 0.15) is 11.6 Å². The first kappa shape index (κ1) is 13.7. The van der Waals surface area contributed by atoms with Crippen LogP contribution in [0.3, 0.4) is 0 Å². The highest BCUT2D eigenvalue weighted by Gasteiger charge is 2.09. The minimum Gasteiger partial charge on any atom is -0.333 e. The lowest BCUT2D eigenvalue weighted by molar-refractivity contribution is 0.544. The molecule has 0 saturated heterocycles. The van der Waals surface area contributed by atoms with Gasteiger partial charge < -0.3 is 9.88 Å². The molecule has 0 atom stereocenters. The van der Waals surface area contributed by atoms with E-state index in [-0.39, 0.29) is 12.1 Å². The summed E-state index contributed by atoms with van der Waals surface area (Å²) in [7, 11) is 0. The zero-order valence-electron chi connectivity index (χ0n) is 11.0. The fourth-order valence-corrected chi connectivity index (χ4v) is 1.76. The predicted octanol–water partition coefficient (Wildman–Crippen LogP) is 2.71.